The lowest BCUT2D eigenvalue weighted by atomic mass is 10.2. The van der Waals surface area contributed by atoms with Crippen LogP contribution in [0.2, 0.25) is 5.02 Å². The predicted octanol–water partition coefficient (Wildman–Crippen LogP) is 5.74. The van der Waals surface area contributed by atoms with Crippen molar-refractivity contribution in [3.05, 3.63) is 113 Å². The predicted molar refractivity (Wildman–Crippen MR) is 129 cm³/mol. The molecule has 1 heterocycles. The van der Waals surface area contributed by atoms with Gasteiger partial charge in [-0.2, -0.15) is 0 Å². The smallest absolute Gasteiger partial charge is 0.240 e. The first kappa shape index (κ1) is 22.8. The minimum atomic E-state index is -3.66. The van der Waals surface area contributed by atoms with E-state index >= 15 is 0 Å². The van der Waals surface area contributed by atoms with Gasteiger partial charge in [-0.3, -0.25) is 4.99 Å². The zero-order valence-corrected chi connectivity index (χ0v) is 19.1. The van der Waals surface area contributed by atoms with Gasteiger partial charge in [-0.1, -0.05) is 41.9 Å². The maximum Gasteiger partial charge on any atom is 0.240 e. The summed E-state index contributed by atoms with van der Waals surface area (Å²) in [6.45, 7) is 0.520. The molecule has 0 radical (unpaired) electrons. The standard InChI is InChI=1S/C25H21ClN2O4S/c26-20-6-14-25(15-7-20)33(29,30)28-17-24-13-12-23(32-24)16-27-21-8-10-22(11-9-21)31-18-19-4-2-1-3-5-19/h1-16,28H,17-18H2. The van der Waals surface area contributed by atoms with Crippen LogP contribution in [0, 0.1) is 0 Å². The lowest BCUT2D eigenvalue weighted by Gasteiger charge is -2.06. The summed E-state index contributed by atoms with van der Waals surface area (Å²) in [5.74, 6) is 1.74. The third-order valence-corrected chi connectivity index (χ3v) is 6.34. The van der Waals surface area contributed by atoms with Gasteiger partial charge in [0.2, 0.25) is 10.0 Å². The summed E-state index contributed by atoms with van der Waals surface area (Å²) in [7, 11) is -3.66. The molecule has 1 aromatic heterocycles. The Labute approximate surface area is 197 Å². The number of aliphatic imine (C=N–C) groups is 1. The highest BCUT2D eigenvalue weighted by molar-refractivity contribution is 7.89. The monoisotopic (exact) mass is 480 g/mol. The molecule has 0 aliphatic rings. The topological polar surface area (TPSA) is 80.9 Å². The second-order valence-electron chi connectivity index (χ2n) is 7.11. The molecular formula is C25H21ClN2O4S. The van der Waals surface area contributed by atoms with Crippen LogP contribution < -0.4 is 9.46 Å². The summed E-state index contributed by atoms with van der Waals surface area (Å²) >= 11 is 5.81. The van der Waals surface area contributed by atoms with Crippen molar-refractivity contribution in [1.29, 1.82) is 0 Å². The number of ether oxygens (including phenoxy) is 1. The minimum Gasteiger partial charge on any atom is -0.489 e. The molecule has 168 valence electrons. The van der Waals surface area contributed by atoms with Crippen molar-refractivity contribution in [1.82, 2.24) is 4.72 Å². The number of halogens is 1. The lowest BCUT2D eigenvalue weighted by Crippen LogP contribution is -2.22. The lowest BCUT2D eigenvalue weighted by molar-refractivity contribution is 0.306. The molecule has 0 saturated carbocycles. The van der Waals surface area contributed by atoms with Crippen LogP contribution in [-0.4, -0.2) is 14.6 Å². The molecule has 0 aliphatic heterocycles. The quantitative estimate of drug-likeness (QED) is 0.310. The van der Waals surface area contributed by atoms with Crippen molar-refractivity contribution < 1.29 is 17.6 Å². The van der Waals surface area contributed by atoms with Crippen molar-refractivity contribution >= 4 is 33.5 Å². The molecule has 4 aromatic rings. The first-order valence-corrected chi connectivity index (χ1v) is 12.0. The Morgan fingerprint density at radius 3 is 2.36 bits per heavy atom. The zero-order chi connectivity index (χ0) is 23.1. The van der Waals surface area contributed by atoms with Crippen molar-refractivity contribution in [2.45, 2.75) is 18.0 Å². The van der Waals surface area contributed by atoms with Gasteiger partial charge in [0.1, 0.15) is 23.9 Å². The van der Waals surface area contributed by atoms with E-state index in [1.54, 1.807) is 18.3 Å². The number of hydrogen-bond donors (Lipinski definition) is 1. The highest BCUT2D eigenvalue weighted by Gasteiger charge is 2.14. The average Bonchev–Trinajstić information content (AvgIpc) is 3.30. The first-order chi connectivity index (χ1) is 16.0. The molecule has 1 N–H and O–H groups in total. The fourth-order valence-electron chi connectivity index (χ4n) is 2.93. The van der Waals surface area contributed by atoms with E-state index in [9.17, 15) is 8.42 Å². The van der Waals surface area contributed by atoms with Crippen LogP contribution in [0.15, 0.2) is 105 Å². The van der Waals surface area contributed by atoms with Crippen LogP contribution in [0.3, 0.4) is 0 Å². The van der Waals surface area contributed by atoms with Crippen molar-refractivity contribution in [2.75, 3.05) is 0 Å². The number of benzene rings is 3. The number of nitrogens with zero attached hydrogens (tertiary/aromatic N) is 1. The fraction of sp³-hybridized carbons (Fsp3) is 0.0800. The molecule has 3 aromatic carbocycles. The van der Waals surface area contributed by atoms with Gasteiger partial charge in [0.25, 0.3) is 0 Å². The van der Waals surface area contributed by atoms with Crippen molar-refractivity contribution in [3.63, 3.8) is 0 Å². The van der Waals surface area contributed by atoms with Crippen LogP contribution in [0.5, 0.6) is 5.75 Å². The Hall–Kier alpha value is -3.39. The maximum absolute atomic E-state index is 12.4. The van der Waals surface area contributed by atoms with E-state index in [0.29, 0.717) is 23.2 Å². The largest absolute Gasteiger partial charge is 0.489 e. The Balaban J connectivity index is 1.30. The molecule has 0 saturated heterocycles. The highest BCUT2D eigenvalue weighted by atomic mass is 35.5. The van der Waals surface area contributed by atoms with Crippen molar-refractivity contribution in [3.8, 4) is 5.75 Å². The third kappa shape index (κ3) is 6.55. The summed E-state index contributed by atoms with van der Waals surface area (Å²) in [4.78, 5) is 4.52. The normalized spacial score (nSPS) is 11.7. The Morgan fingerprint density at radius 2 is 1.64 bits per heavy atom. The summed E-state index contributed by atoms with van der Waals surface area (Å²) < 4.78 is 38.6. The molecule has 0 bridgehead atoms. The van der Waals surface area contributed by atoms with Gasteiger partial charge in [0.05, 0.1) is 23.3 Å². The molecule has 0 aliphatic carbocycles. The molecule has 0 spiro atoms. The summed E-state index contributed by atoms with van der Waals surface area (Å²) in [6, 6.07) is 26.7. The van der Waals surface area contributed by atoms with Crippen LogP contribution in [0.1, 0.15) is 17.1 Å². The van der Waals surface area contributed by atoms with Gasteiger partial charge < -0.3 is 9.15 Å². The fourth-order valence-corrected chi connectivity index (χ4v) is 4.05. The summed E-state index contributed by atoms with van der Waals surface area (Å²) in [5.41, 5.74) is 1.84. The molecule has 0 fully saturated rings. The number of nitrogens with one attached hydrogen (secondary N) is 1. The first-order valence-electron chi connectivity index (χ1n) is 10.1. The molecule has 4 rings (SSSR count). The number of furan rings is 1. The van der Waals surface area contributed by atoms with Crippen LogP contribution >= 0.6 is 11.6 Å². The summed E-state index contributed by atoms with van der Waals surface area (Å²) in [6.07, 6.45) is 1.58. The van der Waals surface area contributed by atoms with E-state index in [0.717, 1.165) is 17.0 Å². The molecule has 0 amide bonds. The van der Waals surface area contributed by atoms with Gasteiger partial charge >= 0.3 is 0 Å². The molecule has 8 heteroatoms. The number of sulfonamides is 1. The van der Waals surface area contributed by atoms with Gasteiger partial charge in [-0.25, -0.2) is 13.1 Å². The average molecular weight is 481 g/mol. The van der Waals surface area contributed by atoms with E-state index in [1.165, 1.54) is 24.3 Å². The van der Waals surface area contributed by atoms with Crippen LogP contribution in [-0.2, 0) is 23.2 Å². The van der Waals surface area contributed by atoms with Crippen molar-refractivity contribution in [2.24, 2.45) is 4.99 Å². The molecular weight excluding hydrogens is 460 g/mol. The van der Waals surface area contributed by atoms with Crippen LogP contribution in [0.4, 0.5) is 5.69 Å². The Bertz CT molecular complexity index is 1320. The highest BCUT2D eigenvalue weighted by Crippen LogP contribution is 2.20. The number of hydrogen-bond acceptors (Lipinski definition) is 5. The van der Waals surface area contributed by atoms with E-state index < -0.39 is 10.0 Å². The SMILES string of the molecule is O=S(=O)(NCc1ccc(C=Nc2ccc(OCc3ccccc3)cc2)o1)c1ccc(Cl)cc1. The van der Waals surface area contributed by atoms with Gasteiger partial charge in [0.15, 0.2) is 0 Å². The zero-order valence-electron chi connectivity index (χ0n) is 17.5. The third-order valence-electron chi connectivity index (χ3n) is 4.67. The molecule has 6 nitrogen and oxygen atoms in total. The Kier molecular flexibility index (Phi) is 7.24. The summed E-state index contributed by atoms with van der Waals surface area (Å²) in [5, 5.41) is 0.471. The van der Waals surface area contributed by atoms with E-state index in [1.807, 2.05) is 54.6 Å². The molecule has 0 atom stereocenters. The van der Waals surface area contributed by atoms with Gasteiger partial charge in [-0.15, -0.1) is 0 Å². The molecule has 33 heavy (non-hydrogen) atoms. The van der Waals surface area contributed by atoms with Gasteiger partial charge in [0, 0.05) is 5.02 Å². The van der Waals surface area contributed by atoms with E-state index in [4.69, 9.17) is 20.8 Å². The van der Waals surface area contributed by atoms with Gasteiger partial charge in [-0.05, 0) is 66.2 Å². The maximum atomic E-state index is 12.4. The second kappa shape index (κ2) is 10.5. The van der Waals surface area contributed by atoms with E-state index in [-0.39, 0.29) is 11.4 Å². The Morgan fingerprint density at radius 1 is 0.909 bits per heavy atom. The number of rotatable bonds is 9. The molecule has 0 unspecified atom stereocenters. The second-order valence-corrected chi connectivity index (χ2v) is 9.31. The van der Waals surface area contributed by atoms with E-state index in [2.05, 4.69) is 9.71 Å². The minimum absolute atomic E-state index is 0.0201. The van der Waals surface area contributed by atoms with Crippen LogP contribution in [0.25, 0.3) is 0 Å².